The van der Waals surface area contributed by atoms with Crippen LogP contribution in [0.4, 0.5) is 13.2 Å². The highest BCUT2D eigenvalue weighted by Gasteiger charge is 2.54. The number of hydrogen-bond donors (Lipinski definition) is 0. The van der Waals surface area contributed by atoms with E-state index in [0.717, 1.165) is 12.8 Å². The maximum atomic E-state index is 12.5. The average molecular weight is 326 g/mol. The summed E-state index contributed by atoms with van der Waals surface area (Å²) in [6.07, 6.45) is 4.50. The molecule has 0 saturated heterocycles. The molecule has 2 rings (SSSR count). The fourth-order valence-electron chi connectivity index (χ4n) is 4.12. The van der Waals surface area contributed by atoms with Crippen LogP contribution in [-0.4, -0.2) is 13.9 Å². The van der Waals surface area contributed by atoms with Crippen molar-refractivity contribution in [2.24, 2.45) is 23.2 Å². The summed E-state index contributed by atoms with van der Waals surface area (Å²) in [5, 5.41) is 0. The predicted molar refractivity (Wildman–Crippen MR) is 72.5 cm³/mol. The molecule has 0 spiro atoms. The van der Waals surface area contributed by atoms with E-state index in [1.807, 2.05) is 6.92 Å². The first-order chi connectivity index (χ1) is 9.49. The molecule has 0 amide bonds. The summed E-state index contributed by atoms with van der Waals surface area (Å²) in [5.74, 6) is 0.543. The maximum Gasteiger partial charge on any atom is 0.534 e. The molecule has 0 aliphatic heterocycles. The van der Waals surface area contributed by atoms with E-state index >= 15 is 0 Å². The first-order valence-electron chi connectivity index (χ1n) is 7.20. The van der Waals surface area contributed by atoms with Crippen molar-refractivity contribution in [1.82, 2.24) is 0 Å². The van der Waals surface area contributed by atoms with Gasteiger partial charge in [-0.3, -0.25) is 0 Å². The van der Waals surface area contributed by atoms with Gasteiger partial charge in [-0.2, -0.15) is 21.6 Å². The smallest absolute Gasteiger partial charge is 0.381 e. The van der Waals surface area contributed by atoms with Crippen LogP contribution in [0.3, 0.4) is 0 Å². The van der Waals surface area contributed by atoms with Gasteiger partial charge in [-0.15, -0.1) is 0 Å². The fourth-order valence-corrected chi connectivity index (χ4v) is 4.65. The SMILES string of the molecule is CC(C)[C@H]1CCC2C(OS(=O)(=O)C(F)(F)F)=CCC[C@@]21C. The third-order valence-electron chi connectivity index (χ3n) is 5.08. The summed E-state index contributed by atoms with van der Waals surface area (Å²) in [5.41, 5.74) is -5.56. The molecule has 0 heterocycles. The van der Waals surface area contributed by atoms with Gasteiger partial charge in [0.15, 0.2) is 0 Å². The molecular weight excluding hydrogens is 305 g/mol. The number of halogens is 3. The van der Waals surface area contributed by atoms with E-state index in [4.69, 9.17) is 0 Å². The average Bonchev–Trinajstić information content (AvgIpc) is 2.65. The van der Waals surface area contributed by atoms with Crippen molar-refractivity contribution in [3.63, 3.8) is 0 Å². The monoisotopic (exact) mass is 326 g/mol. The molecule has 2 aliphatic carbocycles. The van der Waals surface area contributed by atoms with Crippen molar-refractivity contribution in [2.45, 2.75) is 52.0 Å². The lowest BCUT2D eigenvalue weighted by Gasteiger charge is -2.41. The molecular formula is C14H21F3O3S. The Labute approximate surface area is 123 Å². The van der Waals surface area contributed by atoms with Gasteiger partial charge in [0.2, 0.25) is 0 Å². The van der Waals surface area contributed by atoms with Gasteiger partial charge in [0.25, 0.3) is 0 Å². The number of allylic oxidation sites excluding steroid dienone is 2. The number of alkyl halides is 3. The van der Waals surface area contributed by atoms with Gasteiger partial charge in [-0.25, -0.2) is 0 Å². The minimum absolute atomic E-state index is 0.00998. The molecule has 1 saturated carbocycles. The molecule has 3 nitrogen and oxygen atoms in total. The second-order valence-corrected chi connectivity index (χ2v) is 8.15. The van der Waals surface area contributed by atoms with Crippen LogP contribution in [0.25, 0.3) is 0 Å². The Morgan fingerprint density at radius 2 is 1.95 bits per heavy atom. The third kappa shape index (κ3) is 2.81. The molecule has 0 aromatic heterocycles. The standard InChI is InChI=1S/C14H21F3O3S/c1-9(2)10-6-7-11-12(5-4-8-13(10,11)3)20-21(18,19)14(15,16)17/h5,9-11H,4,6-8H2,1-3H3/t10-,11?,13-/m1/s1. The Hall–Kier alpha value is -0.720. The second kappa shape index (κ2) is 5.18. The van der Waals surface area contributed by atoms with E-state index in [9.17, 15) is 21.6 Å². The summed E-state index contributed by atoms with van der Waals surface area (Å²) in [6, 6.07) is 0. The third-order valence-corrected chi connectivity index (χ3v) is 6.05. The van der Waals surface area contributed by atoms with Gasteiger partial charge in [-0.05, 0) is 49.0 Å². The highest BCUT2D eigenvalue weighted by molar-refractivity contribution is 7.87. The highest BCUT2D eigenvalue weighted by atomic mass is 32.2. The summed E-state index contributed by atoms with van der Waals surface area (Å²) >= 11 is 0. The minimum atomic E-state index is -5.57. The van der Waals surface area contributed by atoms with Crippen LogP contribution in [0.15, 0.2) is 11.8 Å². The first kappa shape index (κ1) is 16.6. The Morgan fingerprint density at radius 3 is 2.48 bits per heavy atom. The van der Waals surface area contributed by atoms with Gasteiger partial charge < -0.3 is 4.18 Å². The number of fused-ring (bicyclic) bond motifs is 1. The highest BCUT2D eigenvalue weighted by Crippen LogP contribution is 2.58. The Kier molecular flexibility index (Phi) is 4.10. The Bertz CT molecular complexity index is 536. The van der Waals surface area contributed by atoms with Crippen molar-refractivity contribution >= 4 is 10.1 Å². The lowest BCUT2D eigenvalue weighted by molar-refractivity contribution is -0.0536. The molecule has 0 aromatic carbocycles. The van der Waals surface area contributed by atoms with Crippen LogP contribution in [0.1, 0.15) is 46.5 Å². The molecule has 1 fully saturated rings. The van der Waals surface area contributed by atoms with Crippen LogP contribution in [0.2, 0.25) is 0 Å². The number of rotatable bonds is 3. The largest absolute Gasteiger partial charge is 0.534 e. The zero-order valence-corrected chi connectivity index (χ0v) is 13.2. The zero-order chi connectivity index (χ0) is 16.1. The van der Waals surface area contributed by atoms with Gasteiger partial charge in [0, 0.05) is 5.92 Å². The maximum absolute atomic E-state index is 12.5. The molecule has 0 N–H and O–H groups in total. The molecule has 7 heteroatoms. The minimum Gasteiger partial charge on any atom is -0.381 e. The van der Waals surface area contributed by atoms with E-state index in [-0.39, 0.29) is 17.1 Å². The summed E-state index contributed by atoms with van der Waals surface area (Å²) in [6.45, 7) is 6.25. The lowest BCUT2D eigenvalue weighted by atomic mass is 9.64. The van der Waals surface area contributed by atoms with E-state index in [0.29, 0.717) is 24.7 Å². The molecule has 0 bridgehead atoms. The van der Waals surface area contributed by atoms with Gasteiger partial charge in [-0.1, -0.05) is 20.8 Å². The summed E-state index contributed by atoms with van der Waals surface area (Å²) in [4.78, 5) is 0. The van der Waals surface area contributed by atoms with Crippen LogP contribution >= 0.6 is 0 Å². The van der Waals surface area contributed by atoms with E-state index in [2.05, 4.69) is 18.0 Å². The number of hydrogen-bond acceptors (Lipinski definition) is 3. The van der Waals surface area contributed by atoms with Gasteiger partial charge >= 0.3 is 15.6 Å². The Morgan fingerprint density at radius 1 is 1.33 bits per heavy atom. The van der Waals surface area contributed by atoms with Gasteiger partial charge in [0.05, 0.1) is 0 Å². The second-order valence-electron chi connectivity index (χ2n) is 6.61. The van der Waals surface area contributed by atoms with Crippen molar-refractivity contribution < 1.29 is 25.8 Å². The molecule has 21 heavy (non-hydrogen) atoms. The molecule has 3 atom stereocenters. The predicted octanol–water partition coefficient (Wildman–Crippen LogP) is 4.22. The first-order valence-corrected chi connectivity index (χ1v) is 8.60. The Balaban J connectivity index is 2.27. The normalized spacial score (nSPS) is 33.8. The van der Waals surface area contributed by atoms with E-state index in [1.165, 1.54) is 6.08 Å². The quantitative estimate of drug-likeness (QED) is 0.576. The van der Waals surface area contributed by atoms with Gasteiger partial charge in [0.1, 0.15) is 5.76 Å². The van der Waals surface area contributed by atoms with Crippen LogP contribution < -0.4 is 0 Å². The van der Waals surface area contributed by atoms with Crippen molar-refractivity contribution in [3.8, 4) is 0 Å². The van der Waals surface area contributed by atoms with Crippen molar-refractivity contribution in [3.05, 3.63) is 11.8 Å². The van der Waals surface area contributed by atoms with Crippen molar-refractivity contribution in [2.75, 3.05) is 0 Å². The van der Waals surface area contributed by atoms with Crippen LogP contribution in [-0.2, 0) is 14.3 Å². The topological polar surface area (TPSA) is 43.4 Å². The molecule has 122 valence electrons. The van der Waals surface area contributed by atoms with Crippen LogP contribution in [0.5, 0.6) is 0 Å². The lowest BCUT2D eigenvalue weighted by Crippen LogP contribution is -2.36. The van der Waals surface area contributed by atoms with Crippen LogP contribution in [0, 0.1) is 23.2 Å². The summed E-state index contributed by atoms with van der Waals surface area (Å²) < 4.78 is 64.4. The van der Waals surface area contributed by atoms with E-state index < -0.39 is 15.6 Å². The summed E-state index contributed by atoms with van der Waals surface area (Å²) in [7, 11) is -5.57. The molecule has 2 aliphatic rings. The molecule has 0 radical (unpaired) electrons. The fraction of sp³-hybridized carbons (Fsp3) is 0.857. The van der Waals surface area contributed by atoms with Crippen molar-refractivity contribution in [1.29, 1.82) is 0 Å². The molecule has 0 aromatic rings. The zero-order valence-electron chi connectivity index (χ0n) is 12.4. The molecule has 1 unspecified atom stereocenters. The van der Waals surface area contributed by atoms with E-state index in [1.54, 1.807) is 0 Å².